The molecule has 0 radical (unpaired) electrons. The van der Waals surface area contributed by atoms with Crippen LogP contribution >= 0.6 is 0 Å². The number of ether oxygens (including phenoxy) is 1. The van der Waals surface area contributed by atoms with Crippen molar-refractivity contribution in [1.29, 1.82) is 0 Å². The fourth-order valence-corrected chi connectivity index (χ4v) is 2.82. The van der Waals surface area contributed by atoms with Gasteiger partial charge in [0, 0.05) is 32.2 Å². The molecular weight excluding hydrogens is 255 g/mol. The normalized spacial score (nSPS) is 18.2. The number of methoxy groups -OCH3 is 1. The van der Waals surface area contributed by atoms with Crippen molar-refractivity contribution in [3.05, 3.63) is 29.6 Å². The molecule has 0 bridgehead atoms. The molecular formula is C16H25FN2O. The molecule has 1 aliphatic heterocycles. The summed E-state index contributed by atoms with van der Waals surface area (Å²) >= 11 is 0. The van der Waals surface area contributed by atoms with Gasteiger partial charge in [-0.05, 0) is 30.0 Å². The van der Waals surface area contributed by atoms with E-state index >= 15 is 0 Å². The summed E-state index contributed by atoms with van der Waals surface area (Å²) in [5.74, 6) is 0.650. The fraction of sp³-hybridized carbons (Fsp3) is 0.625. The molecule has 0 amide bonds. The Labute approximate surface area is 121 Å². The Hall–Kier alpha value is -1.13. The van der Waals surface area contributed by atoms with Crippen LogP contribution in [0.2, 0.25) is 0 Å². The molecule has 1 aliphatic rings. The average molecular weight is 280 g/mol. The predicted octanol–water partition coefficient (Wildman–Crippen LogP) is 2.83. The summed E-state index contributed by atoms with van der Waals surface area (Å²) in [7, 11) is 1.52. The first-order chi connectivity index (χ1) is 9.61. The zero-order valence-corrected chi connectivity index (χ0v) is 12.7. The Morgan fingerprint density at radius 3 is 2.60 bits per heavy atom. The lowest BCUT2D eigenvalue weighted by atomic mass is 9.95. The van der Waals surface area contributed by atoms with E-state index in [0.717, 1.165) is 38.2 Å². The standard InChI is InChI=1S/C16H25FN2O/c1-12(2)10-15(19-8-6-18-7-9-19)13-4-5-14(17)16(11-13)20-3/h4-5,11-12,15,18H,6-10H2,1-3H3/t15-/m0/s1. The van der Waals surface area contributed by atoms with E-state index in [1.165, 1.54) is 13.2 Å². The summed E-state index contributed by atoms with van der Waals surface area (Å²) in [4.78, 5) is 2.49. The van der Waals surface area contributed by atoms with Crippen LogP contribution in [-0.4, -0.2) is 38.2 Å². The number of nitrogens with zero attached hydrogens (tertiary/aromatic N) is 1. The van der Waals surface area contributed by atoms with Gasteiger partial charge in [-0.3, -0.25) is 4.90 Å². The predicted molar refractivity (Wildman–Crippen MR) is 79.6 cm³/mol. The van der Waals surface area contributed by atoms with Crippen LogP contribution in [0.15, 0.2) is 18.2 Å². The molecule has 1 aromatic rings. The topological polar surface area (TPSA) is 24.5 Å². The monoisotopic (exact) mass is 280 g/mol. The molecule has 112 valence electrons. The van der Waals surface area contributed by atoms with Gasteiger partial charge < -0.3 is 10.1 Å². The van der Waals surface area contributed by atoms with Crippen molar-refractivity contribution < 1.29 is 9.13 Å². The molecule has 0 aromatic heterocycles. The first kappa shape index (κ1) is 15.3. The molecule has 1 N–H and O–H groups in total. The number of nitrogens with one attached hydrogen (secondary N) is 1. The van der Waals surface area contributed by atoms with Gasteiger partial charge in [-0.1, -0.05) is 19.9 Å². The van der Waals surface area contributed by atoms with E-state index in [2.05, 4.69) is 24.1 Å². The Balaban J connectivity index is 2.24. The van der Waals surface area contributed by atoms with Crippen LogP contribution in [-0.2, 0) is 0 Å². The number of hydrogen-bond acceptors (Lipinski definition) is 3. The Bertz CT molecular complexity index is 430. The third kappa shape index (κ3) is 3.70. The lowest BCUT2D eigenvalue weighted by molar-refractivity contribution is 0.153. The van der Waals surface area contributed by atoms with Gasteiger partial charge in [-0.2, -0.15) is 0 Å². The second kappa shape index (κ2) is 7.04. The highest BCUT2D eigenvalue weighted by Gasteiger charge is 2.23. The van der Waals surface area contributed by atoms with Gasteiger partial charge in [-0.15, -0.1) is 0 Å². The molecule has 2 rings (SSSR count). The van der Waals surface area contributed by atoms with Crippen molar-refractivity contribution in [3.63, 3.8) is 0 Å². The van der Waals surface area contributed by atoms with Crippen LogP contribution in [0.3, 0.4) is 0 Å². The summed E-state index contributed by atoms with van der Waals surface area (Å²) in [5.41, 5.74) is 1.15. The molecule has 1 atom stereocenters. The minimum Gasteiger partial charge on any atom is -0.494 e. The van der Waals surface area contributed by atoms with Gasteiger partial charge in [0.15, 0.2) is 11.6 Å². The number of halogens is 1. The molecule has 0 unspecified atom stereocenters. The van der Waals surface area contributed by atoms with Crippen molar-refractivity contribution in [3.8, 4) is 5.75 Å². The van der Waals surface area contributed by atoms with Crippen LogP contribution in [0.1, 0.15) is 31.9 Å². The van der Waals surface area contributed by atoms with Crippen LogP contribution in [0, 0.1) is 11.7 Å². The summed E-state index contributed by atoms with van der Waals surface area (Å²) in [6.07, 6.45) is 1.08. The SMILES string of the molecule is COc1cc([C@H](CC(C)C)N2CCNCC2)ccc1F. The lowest BCUT2D eigenvalue weighted by Crippen LogP contribution is -2.45. The van der Waals surface area contributed by atoms with E-state index in [1.807, 2.05) is 12.1 Å². The van der Waals surface area contributed by atoms with E-state index < -0.39 is 0 Å². The minimum atomic E-state index is -0.292. The fourth-order valence-electron chi connectivity index (χ4n) is 2.82. The number of piperazine rings is 1. The second-order valence-electron chi connectivity index (χ2n) is 5.83. The molecule has 1 aromatic carbocycles. The molecule has 0 spiro atoms. The molecule has 1 fully saturated rings. The first-order valence-corrected chi connectivity index (χ1v) is 7.40. The van der Waals surface area contributed by atoms with Crippen LogP contribution in [0.5, 0.6) is 5.75 Å². The largest absolute Gasteiger partial charge is 0.494 e. The van der Waals surface area contributed by atoms with Gasteiger partial charge in [0.1, 0.15) is 0 Å². The van der Waals surface area contributed by atoms with E-state index in [4.69, 9.17) is 4.74 Å². The second-order valence-corrected chi connectivity index (χ2v) is 5.83. The quantitative estimate of drug-likeness (QED) is 0.897. The number of benzene rings is 1. The van der Waals surface area contributed by atoms with E-state index in [9.17, 15) is 4.39 Å². The minimum absolute atomic E-state index is 0.292. The van der Waals surface area contributed by atoms with Crippen molar-refractivity contribution >= 4 is 0 Å². The summed E-state index contributed by atoms with van der Waals surface area (Å²) in [6, 6.07) is 5.60. The molecule has 1 heterocycles. The third-order valence-electron chi connectivity index (χ3n) is 3.85. The van der Waals surface area contributed by atoms with Crippen LogP contribution in [0.25, 0.3) is 0 Å². The molecule has 0 aliphatic carbocycles. The highest BCUT2D eigenvalue weighted by atomic mass is 19.1. The molecule has 0 saturated carbocycles. The summed E-state index contributed by atoms with van der Waals surface area (Å²) < 4.78 is 18.7. The maximum Gasteiger partial charge on any atom is 0.165 e. The molecule has 20 heavy (non-hydrogen) atoms. The highest BCUT2D eigenvalue weighted by molar-refractivity contribution is 5.32. The smallest absolute Gasteiger partial charge is 0.165 e. The highest BCUT2D eigenvalue weighted by Crippen LogP contribution is 2.31. The average Bonchev–Trinajstić information content (AvgIpc) is 2.46. The number of rotatable bonds is 5. The van der Waals surface area contributed by atoms with Crippen molar-refractivity contribution in [1.82, 2.24) is 10.2 Å². The zero-order valence-electron chi connectivity index (χ0n) is 12.7. The first-order valence-electron chi connectivity index (χ1n) is 7.40. The van der Waals surface area contributed by atoms with Gasteiger partial charge >= 0.3 is 0 Å². The van der Waals surface area contributed by atoms with Crippen molar-refractivity contribution in [2.24, 2.45) is 5.92 Å². The van der Waals surface area contributed by atoms with Crippen LogP contribution < -0.4 is 10.1 Å². The van der Waals surface area contributed by atoms with E-state index in [1.54, 1.807) is 0 Å². The Kier molecular flexibility index (Phi) is 5.38. The van der Waals surface area contributed by atoms with Crippen molar-refractivity contribution in [2.45, 2.75) is 26.3 Å². The zero-order chi connectivity index (χ0) is 14.5. The van der Waals surface area contributed by atoms with Crippen molar-refractivity contribution in [2.75, 3.05) is 33.3 Å². The van der Waals surface area contributed by atoms with E-state index in [-0.39, 0.29) is 5.82 Å². The van der Waals surface area contributed by atoms with Gasteiger partial charge in [0.25, 0.3) is 0 Å². The van der Waals surface area contributed by atoms with Gasteiger partial charge in [0.2, 0.25) is 0 Å². The van der Waals surface area contributed by atoms with Gasteiger partial charge in [-0.25, -0.2) is 4.39 Å². The maximum absolute atomic E-state index is 13.6. The van der Waals surface area contributed by atoms with E-state index in [0.29, 0.717) is 17.7 Å². The molecule has 3 nitrogen and oxygen atoms in total. The lowest BCUT2D eigenvalue weighted by Gasteiger charge is -2.36. The Morgan fingerprint density at radius 1 is 1.30 bits per heavy atom. The summed E-state index contributed by atoms with van der Waals surface area (Å²) in [6.45, 7) is 8.58. The van der Waals surface area contributed by atoms with Gasteiger partial charge in [0.05, 0.1) is 7.11 Å². The third-order valence-corrected chi connectivity index (χ3v) is 3.85. The molecule has 1 saturated heterocycles. The Morgan fingerprint density at radius 2 is 2.00 bits per heavy atom. The number of hydrogen-bond donors (Lipinski definition) is 1. The summed E-state index contributed by atoms with van der Waals surface area (Å²) in [5, 5.41) is 3.38. The molecule has 4 heteroatoms. The maximum atomic E-state index is 13.6. The van der Waals surface area contributed by atoms with Crippen LogP contribution in [0.4, 0.5) is 4.39 Å².